The van der Waals surface area contributed by atoms with Crippen molar-refractivity contribution in [3.05, 3.63) is 0 Å². The van der Waals surface area contributed by atoms with Gasteiger partial charge < -0.3 is 5.32 Å². The third kappa shape index (κ3) is 5.49. The molecule has 0 spiro atoms. The number of carbonyl (C=O) groups excluding carboxylic acids is 1. The highest BCUT2D eigenvalue weighted by molar-refractivity contribution is 5.89. The van der Waals surface area contributed by atoms with Crippen LogP contribution >= 0.6 is 0 Å². The molecule has 0 amide bonds. The fraction of sp³-hybridized carbons (Fsp3) is 0.933. The molecule has 3 nitrogen and oxygen atoms in total. The van der Waals surface area contributed by atoms with E-state index in [9.17, 15) is 4.79 Å². The molecule has 0 aliphatic heterocycles. The number of likely N-dealkylation sites (N-methyl/N-ethyl adjacent to an activating group) is 1. The molecule has 0 rings (SSSR count). The molecule has 0 fully saturated rings. The Morgan fingerprint density at radius 2 is 1.72 bits per heavy atom. The van der Waals surface area contributed by atoms with E-state index in [2.05, 4.69) is 37.9 Å². The summed E-state index contributed by atoms with van der Waals surface area (Å²) in [5.74, 6) is 0.266. The molecular weight excluding hydrogens is 224 g/mol. The van der Waals surface area contributed by atoms with Crippen molar-refractivity contribution in [2.75, 3.05) is 20.1 Å². The summed E-state index contributed by atoms with van der Waals surface area (Å²) in [6.07, 6.45) is 3.31. The molecule has 3 heteroatoms. The predicted octanol–water partition coefficient (Wildman–Crippen LogP) is 2.84. The minimum Gasteiger partial charge on any atom is -0.305 e. The Balaban J connectivity index is 4.38. The van der Waals surface area contributed by atoms with Gasteiger partial charge in [0.2, 0.25) is 0 Å². The van der Waals surface area contributed by atoms with Crippen molar-refractivity contribution in [3.63, 3.8) is 0 Å². The molecule has 0 aromatic rings. The number of rotatable bonds is 9. The second-order valence-corrected chi connectivity index (χ2v) is 6.35. The van der Waals surface area contributed by atoms with Crippen LogP contribution < -0.4 is 5.32 Å². The van der Waals surface area contributed by atoms with Crippen molar-refractivity contribution in [2.45, 2.75) is 71.9 Å². The molecule has 1 N–H and O–H groups in total. The normalized spacial score (nSPS) is 13.1. The van der Waals surface area contributed by atoms with E-state index in [0.29, 0.717) is 6.54 Å². The molecule has 0 radical (unpaired) electrons. The Labute approximate surface area is 113 Å². The SMILES string of the molecule is CCCCNC(C)(C)C(=O)CN(C)C(C)(C)CC. The Hall–Kier alpha value is -0.410. The van der Waals surface area contributed by atoms with E-state index in [-0.39, 0.29) is 11.3 Å². The van der Waals surface area contributed by atoms with Gasteiger partial charge in [-0.1, -0.05) is 20.3 Å². The van der Waals surface area contributed by atoms with Gasteiger partial charge in [-0.05, 0) is 54.1 Å². The van der Waals surface area contributed by atoms with Crippen LogP contribution in [0.1, 0.15) is 60.8 Å². The first-order valence-electron chi connectivity index (χ1n) is 7.17. The standard InChI is InChI=1S/C15H32N2O/c1-8-10-11-16-15(5,6)13(18)12-17(7)14(3,4)9-2/h16H,8-12H2,1-7H3. The second kappa shape index (κ2) is 7.25. The first-order valence-corrected chi connectivity index (χ1v) is 7.17. The fourth-order valence-corrected chi connectivity index (χ4v) is 1.57. The third-order valence-corrected chi connectivity index (χ3v) is 4.07. The van der Waals surface area contributed by atoms with Gasteiger partial charge in [-0.2, -0.15) is 0 Å². The number of nitrogens with zero attached hydrogens (tertiary/aromatic N) is 1. The minimum atomic E-state index is -0.423. The van der Waals surface area contributed by atoms with Crippen molar-refractivity contribution in [2.24, 2.45) is 0 Å². The first-order chi connectivity index (χ1) is 8.17. The molecule has 0 heterocycles. The van der Waals surface area contributed by atoms with Crippen LogP contribution in [-0.2, 0) is 4.79 Å². The van der Waals surface area contributed by atoms with Gasteiger partial charge in [-0.3, -0.25) is 9.69 Å². The van der Waals surface area contributed by atoms with E-state index < -0.39 is 5.54 Å². The Kier molecular flexibility index (Phi) is 7.08. The summed E-state index contributed by atoms with van der Waals surface area (Å²) >= 11 is 0. The highest BCUT2D eigenvalue weighted by atomic mass is 16.1. The average Bonchev–Trinajstić information content (AvgIpc) is 2.28. The molecule has 0 atom stereocenters. The van der Waals surface area contributed by atoms with Gasteiger partial charge >= 0.3 is 0 Å². The van der Waals surface area contributed by atoms with Crippen LogP contribution in [0.3, 0.4) is 0 Å². The summed E-state index contributed by atoms with van der Waals surface area (Å²) in [6.45, 7) is 14.1. The van der Waals surface area contributed by atoms with E-state index in [1.807, 2.05) is 20.9 Å². The van der Waals surface area contributed by atoms with Gasteiger partial charge in [-0.25, -0.2) is 0 Å². The van der Waals surface area contributed by atoms with E-state index in [0.717, 1.165) is 25.8 Å². The smallest absolute Gasteiger partial charge is 0.166 e. The lowest BCUT2D eigenvalue weighted by Crippen LogP contribution is -2.53. The van der Waals surface area contributed by atoms with Crippen LogP contribution in [0.5, 0.6) is 0 Å². The number of ketones is 1. The van der Waals surface area contributed by atoms with E-state index >= 15 is 0 Å². The summed E-state index contributed by atoms with van der Waals surface area (Å²) in [4.78, 5) is 14.5. The molecule has 18 heavy (non-hydrogen) atoms. The zero-order valence-electron chi connectivity index (χ0n) is 13.4. The zero-order valence-corrected chi connectivity index (χ0v) is 13.4. The molecule has 108 valence electrons. The first kappa shape index (κ1) is 17.6. The molecular formula is C15H32N2O. The highest BCUT2D eigenvalue weighted by Gasteiger charge is 2.30. The molecule has 0 aromatic carbocycles. The van der Waals surface area contributed by atoms with Crippen molar-refractivity contribution in [1.29, 1.82) is 0 Å². The highest BCUT2D eigenvalue weighted by Crippen LogP contribution is 2.17. The molecule has 0 aliphatic carbocycles. The molecule has 0 aromatic heterocycles. The Morgan fingerprint density at radius 1 is 1.17 bits per heavy atom. The topological polar surface area (TPSA) is 32.3 Å². The van der Waals surface area contributed by atoms with Crippen LogP contribution in [-0.4, -0.2) is 41.9 Å². The maximum absolute atomic E-state index is 12.3. The van der Waals surface area contributed by atoms with E-state index in [1.54, 1.807) is 0 Å². The lowest BCUT2D eigenvalue weighted by molar-refractivity contribution is -0.126. The van der Waals surface area contributed by atoms with Crippen molar-refractivity contribution >= 4 is 5.78 Å². The van der Waals surface area contributed by atoms with Gasteiger partial charge in [0.15, 0.2) is 5.78 Å². The lowest BCUT2D eigenvalue weighted by Gasteiger charge is -2.36. The minimum absolute atomic E-state index is 0.0785. The fourth-order valence-electron chi connectivity index (χ4n) is 1.57. The number of nitrogens with one attached hydrogen (secondary N) is 1. The summed E-state index contributed by atoms with van der Waals surface area (Å²) in [6, 6.07) is 0. The van der Waals surface area contributed by atoms with Gasteiger partial charge in [-0.15, -0.1) is 0 Å². The average molecular weight is 256 g/mol. The van der Waals surface area contributed by atoms with Crippen LogP contribution in [0.15, 0.2) is 0 Å². The zero-order chi connectivity index (χ0) is 14.4. The number of hydrogen-bond acceptors (Lipinski definition) is 3. The summed E-state index contributed by atoms with van der Waals surface area (Å²) in [5, 5.41) is 3.36. The number of Topliss-reactive ketones (excluding diaryl/α,β-unsaturated/α-hetero) is 1. The van der Waals surface area contributed by atoms with Crippen molar-refractivity contribution < 1.29 is 4.79 Å². The third-order valence-electron chi connectivity index (χ3n) is 4.07. The van der Waals surface area contributed by atoms with Gasteiger partial charge in [0, 0.05) is 5.54 Å². The van der Waals surface area contributed by atoms with Crippen LogP contribution in [0.4, 0.5) is 0 Å². The largest absolute Gasteiger partial charge is 0.305 e. The number of hydrogen-bond donors (Lipinski definition) is 1. The van der Waals surface area contributed by atoms with Crippen LogP contribution in [0.2, 0.25) is 0 Å². The molecule has 0 unspecified atom stereocenters. The van der Waals surface area contributed by atoms with E-state index in [4.69, 9.17) is 0 Å². The summed E-state index contributed by atoms with van der Waals surface area (Å²) < 4.78 is 0. The van der Waals surface area contributed by atoms with Gasteiger partial charge in [0.1, 0.15) is 0 Å². The lowest BCUT2D eigenvalue weighted by atomic mass is 9.95. The van der Waals surface area contributed by atoms with E-state index in [1.165, 1.54) is 0 Å². The molecule has 0 aliphatic rings. The van der Waals surface area contributed by atoms with Gasteiger partial charge in [0.05, 0.1) is 12.1 Å². The Morgan fingerprint density at radius 3 is 2.17 bits per heavy atom. The molecule has 0 bridgehead atoms. The monoisotopic (exact) mass is 256 g/mol. The van der Waals surface area contributed by atoms with Crippen molar-refractivity contribution in [1.82, 2.24) is 10.2 Å². The molecule has 0 saturated carbocycles. The summed E-state index contributed by atoms with van der Waals surface area (Å²) in [5.41, 5.74) is -0.345. The van der Waals surface area contributed by atoms with Crippen LogP contribution in [0, 0.1) is 0 Å². The number of carbonyl (C=O) groups is 1. The van der Waals surface area contributed by atoms with Crippen LogP contribution in [0.25, 0.3) is 0 Å². The van der Waals surface area contributed by atoms with Gasteiger partial charge in [0.25, 0.3) is 0 Å². The summed E-state index contributed by atoms with van der Waals surface area (Å²) in [7, 11) is 2.03. The van der Waals surface area contributed by atoms with Crippen molar-refractivity contribution in [3.8, 4) is 0 Å². The number of unbranched alkanes of at least 4 members (excludes halogenated alkanes) is 1. The molecule has 0 saturated heterocycles. The maximum atomic E-state index is 12.3. The second-order valence-electron chi connectivity index (χ2n) is 6.35. The predicted molar refractivity (Wildman–Crippen MR) is 79.0 cm³/mol. The Bertz CT molecular complexity index is 259. The quantitative estimate of drug-likeness (QED) is 0.644. The maximum Gasteiger partial charge on any atom is 0.166 e.